The number of nitrogens with zero attached hydrogens (tertiary/aromatic N) is 3. The van der Waals surface area contributed by atoms with Crippen molar-refractivity contribution in [2.75, 3.05) is 33.2 Å². The van der Waals surface area contributed by atoms with E-state index in [9.17, 15) is 24.0 Å². The van der Waals surface area contributed by atoms with Gasteiger partial charge in [0, 0.05) is 39.1 Å². The van der Waals surface area contributed by atoms with Gasteiger partial charge in [-0.2, -0.15) is 0 Å². The van der Waals surface area contributed by atoms with Crippen LogP contribution in [-0.2, 0) is 16.1 Å². The van der Waals surface area contributed by atoms with Gasteiger partial charge < -0.3 is 15.1 Å². The lowest BCUT2D eigenvalue weighted by Crippen LogP contribution is -2.54. The van der Waals surface area contributed by atoms with Crippen molar-refractivity contribution < 1.29 is 24.0 Å². The van der Waals surface area contributed by atoms with Crippen LogP contribution in [0.2, 0.25) is 0 Å². The number of fused-ring (bicyclic) bond motifs is 1. The van der Waals surface area contributed by atoms with E-state index in [-0.39, 0.29) is 36.5 Å². The van der Waals surface area contributed by atoms with Crippen molar-refractivity contribution in [2.45, 2.75) is 25.4 Å². The molecule has 0 radical (unpaired) electrons. The van der Waals surface area contributed by atoms with E-state index in [0.717, 1.165) is 18.0 Å². The number of rotatable bonds is 3. The summed E-state index contributed by atoms with van der Waals surface area (Å²) in [5, 5.41) is 5.00. The number of urea groups is 1. The summed E-state index contributed by atoms with van der Waals surface area (Å²) < 4.78 is 0. The Balaban J connectivity index is 1.50. The molecule has 1 aromatic rings. The minimum Gasteiger partial charge on any atom is -0.334 e. The summed E-state index contributed by atoms with van der Waals surface area (Å²) in [7, 11) is 2.00. The Bertz CT molecular complexity index is 938. The van der Waals surface area contributed by atoms with Crippen LogP contribution in [0.5, 0.6) is 0 Å². The van der Waals surface area contributed by atoms with Crippen molar-refractivity contribution in [1.29, 1.82) is 0 Å². The molecule has 4 rings (SSSR count). The number of likely N-dealkylation sites (N-methyl/N-ethyl adjacent to an activating group) is 1. The van der Waals surface area contributed by atoms with Crippen molar-refractivity contribution in [2.24, 2.45) is 0 Å². The van der Waals surface area contributed by atoms with Gasteiger partial charge in [-0.3, -0.25) is 29.4 Å². The van der Waals surface area contributed by atoms with Gasteiger partial charge in [0.05, 0.1) is 11.1 Å². The quantitative estimate of drug-likeness (QED) is 0.648. The van der Waals surface area contributed by atoms with E-state index in [1.807, 2.05) is 7.05 Å². The summed E-state index contributed by atoms with van der Waals surface area (Å²) in [6, 6.07) is 3.63. The maximum Gasteiger partial charge on any atom is 0.317 e. The van der Waals surface area contributed by atoms with Crippen LogP contribution in [0.25, 0.3) is 0 Å². The molecule has 3 aliphatic heterocycles. The number of imide groups is 2. The van der Waals surface area contributed by atoms with E-state index < -0.39 is 29.7 Å². The molecule has 3 heterocycles. The Morgan fingerprint density at radius 2 is 1.83 bits per heavy atom. The van der Waals surface area contributed by atoms with Gasteiger partial charge in [-0.05, 0) is 25.1 Å². The zero-order valence-electron chi connectivity index (χ0n) is 16.6. The molecule has 3 aliphatic rings. The highest BCUT2D eigenvalue weighted by atomic mass is 16.2. The van der Waals surface area contributed by atoms with Gasteiger partial charge in [0.1, 0.15) is 6.04 Å². The third-order valence-corrected chi connectivity index (χ3v) is 5.77. The molecular weight excluding hydrogens is 390 g/mol. The average Bonchev–Trinajstić information content (AvgIpc) is 2.98. The summed E-state index contributed by atoms with van der Waals surface area (Å²) in [5.41, 5.74) is 0.921. The molecule has 0 aliphatic carbocycles. The second-order valence-electron chi connectivity index (χ2n) is 7.74. The molecule has 30 heavy (non-hydrogen) atoms. The van der Waals surface area contributed by atoms with Crippen LogP contribution in [0.4, 0.5) is 4.79 Å². The Morgan fingerprint density at radius 3 is 2.53 bits per heavy atom. The summed E-state index contributed by atoms with van der Waals surface area (Å²) in [4.78, 5) is 66.7. The molecule has 1 atom stereocenters. The molecule has 2 saturated heterocycles. The Kier molecular flexibility index (Phi) is 5.25. The molecule has 158 valence electrons. The number of hydrogen-bond acceptors (Lipinski definition) is 6. The second kappa shape index (κ2) is 7.86. The van der Waals surface area contributed by atoms with Gasteiger partial charge in [-0.15, -0.1) is 0 Å². The average molecular weight is 413 g/mol. The number of piperidine rings is 1. The Labute approximate surface area is 173 Å². The minimum atomic E-state index is -1.01. The first-order chi connectivity index (χ1) is 14.4. The number of piperazine rings is 1. The first-order valence-electron chi connectivity index (χ1n) is 9.91. The third kappa shape index (κ3) is 3.54. The van der Waals surface area contributed by atoms with Gasteiger partial charge >= 0.3 is 6.03 Å². The van der Waals surface area contributed by atoms with E-state index in [4.69, 9.17) is 0 Å². The van der Waals surface area contributed by atoms with Crippen LogP contribution < -0.4 is 10.6 Å². The molecule has 2 N–H and O–H groups in total. The van der Waals surface area contributed by atoms with Crippen molar-refractivity contribution >= 4 is 29.7 Å². The molecule has 2 fully saturated rings. The highest BCUT2D eigenvalue weighted by Crippen LogP contribution is 2.29. The molecule has 0 spiro atoms. The molecule has 0 bridgehead atoms. The van der Waals surface area contributed by atoms with E-state index in [0.29, 0.717) is 18.7 Å². The topological polar surface area (TPSA) is 119 Å². The van der Waals surface area contributed by atoms with Crippen LogP contribution in [0, 0.1) is 0 Å². The smallest absolute Gasteiger partial charge is 0.317 e. The van der Waals surface area contributed by atoms with Crippen LogP contribution in [0.1, 0.15) is 39.1 Å². The van der Waals surface area contributed by atoms with Gasteiger partial charge in [0.25, 0.3) is 11.8 Å². The standard InChI is InChI=1S/C20H23N5O5/c1-23-7-9-24(10-8-23)20(30)21-11-12-3-2-4-13-16(12)19(29)25(18(13)28)14-5-6-15(26)22-17(14)27/h2-4,14H,5-11H2,1H3,(H,21,30)(H,22,26,27). The summed E-state index contributed by atoms with van der Waals surface area (Å²) >= 11 is 0. The molecule has 10 nitrogen and oxygen atoms in total. The fourth-order valence-corrected chi connectivity index (χ4v) is 4.02. The number of amides is 6. The van der Waals surface area contributed by atoms with Gasteiger partial charge in [0.2, 0.25) is 11.8 Å². The maximum absolute atomic E-state index is 13.0. The molecule has 1 aromatic carbocycles. The lowest BCUT2D eigenvalue weighted by molar-refractivity contribution is -0.136. The first-order valence-corrected chi connectivity index (χ1v) is 9.91. The normalized spacial score (nSPS) is 22.2. The summed E-state index contributed by atoms with van der Waals surface area (Å²) in [5.74, 6) is -2.20. The van der Waals surface area contributed by atoms with Gasteiger partial charge in [0.15, 0.2) is 0 Å². The van der Waals surface area contributed by atoms with Crippen LogP contribution in [-0.4, -0.2) is 83.6 Å². The van der Waals surface area contributed by atoms with Crippen LogP contribution in [0.15, 0.2) is 18.2 Å². The monoisotopic (exact) mass is 413 g/mol. The van der Waals surface area contributed by atoms with E-state index in [1.165, 1.54) is 6.07 Å². The van der Waals surface area contributed by atoms with Crippen molar-refractivity contribution in [3.63, 3.8) is 0 Å². The number of carbonyl (C=O) groups excluding carboxylic acids is 5. The SMILES string of the molecule is CN1CCN(C(=O)NCc2cccc3c2C(=O)N(C2CCC(=O)NC2=O)C3=O)CC1. The fourth-order valence-electron chi connectivity index (χ4n) is 4.02. The minimum absolute atomic E-state index is 0.0672. The third-order valence-electron chi connectivity index (χ3n) is 5.77. The predicted molar refractivity (Wildman–Crippen MR) is 104 cm³/mol. The highest BCUT2D eigenvalue weighted by molar-refractivity contribution is 6.24. The van der Waals surface area contributed by atoms with Crippen molar-refractivity contribution in [3.05, 3.63) is 34.9 Å². The lowest BCUT2D eigenvalue weighted by Gasteiger charge is -2.32. The number of benzene rings is 1. The van der Waals surface area contributed by atoms with Gasteiger partial charge in [-0.25, -0.2) is 4.79 Å². The first kappa shape index (κ1) is 20.0. The second-order valence-corrected chi connectivity index (χ2v) is 7.74. The molecule has 1 unspecified atom stereocenters. The fraction of sp³-hybridized carbons (Fsp3) is 0.450. The maximum atomic E-state index is 13.0. The number of nitrogens with one attached hydrogen (secondary N) is 2. The van der Waals surface area contributed by atoms with E-state index >= 15 is 0 Å². The molecule has 0 aromatic heterocycles. The largest absolute Gasteiger partial charge is 0.334 e. The molecule has 0 saturated carbocycles. The number of hydrogen-bond donors (Lipinski definition) is 2. The molecular formula is C20H23N5O5. The Hall–Kier alpha value is -3.27. The van der Waals surface area contributed by atoms with Crippen molar-refractivity contribution in [3.8, 4) is 0 Å². The van der Waals surface area contributed by atoms with E-state index in [2.05, 4.69) is 15.5 Å². The summed E-state index contributed by atoms with van der Waals surface area (Å²) in [6.45, 7) is 2.92. The van der Waals surface area contributed by atoms with Crippen molar-refractivity contribution in [1.82, 2.24) is 25.3 Å². The number of carbonyl (C=O) groups is 5. The van der Waals surface area contributed by atoms with Gasteiger partial charge in [-0.1, -0.05) is 12.1 Å². The molecule has 6 amide bonds. The lowest BCUT2D eigenvalue weighted by atomic mass is 10.0. The Morgan fingerprint density at radius 1 is 1.10 bits per heavy atom. The zero-order chi connectivity index (χ0) is 21.4. The predicted octanol–water partition coefficient (Wildman–Crippen LogP) is -0.455. The highest BCUT2D eigenvalue weighted by Gasteiger charge is 2.45. The summed E-state index contributed by atoms with van der Waals surface area (Å²) in [6.07, 6.45) is 0.170. The van der Waals surface area contributed by atoms with Crippen LogP contribution >= 0.6 is 0 Å². The zero-order valence-corrected chi connectivity index (χ0v) is 16.6. The molecule has 10 heteroatoms. The van der Waals surface area contributed by atoms with E-state index in [1.54, 1.807) is 17.0 Å². The van der Waals surface area contributed by atoms with Crippen LogP contribution in [0.3, 0.4) is 0 Å².